The summed E-state index contributed by atoms with van der Waals surface area (Å²) in [4.78, 5) is 25.0. The van der Waals surface area contributed by atoms with E-state index >= 15 is 0 Å². The Morgan fingerprint density at radius 1 is 1.00 bits per heavy atom. The molecule has 0 bridgehead atoms. The summed E-state index contributed by atoms with van der Waals surface area (Å²) >= 11 is 0. The van der Waals surface area contributed by atoms with Gasteiger partial charge >= 0.3 is 16.1 Å². The topological polar surface area (TPSA) is 105 Å². The molecule has 2 aromatic carbocycles. The Labute approximate surface area is 180 Å². The minimum atomic E-state index is -4.32. The minimum Gasteiger partial charge on any atom is -0.461 e. The zero-order valence-electron chi connectivity index (χ0n) is 17.6. The molecule has 9 heteroatoms. The van der Waals surface area contributed by atoms with Crippen molar-refractivity contribution in [1.29, 1.82) is 0 Å². The van der Waals surface area contributed by atoms with Crippen molar-refractivity contribution in [2.75, 3.05) is 6.61 Å². The molecule has 0 aliphatic rings. The molecule has 1 heterocycles. The molecule has 162 valence electrons. The maximum atomic E-state index is 12.8. The number of hydrogen-bond acceptors (Lipinski definition) is 7. The number of esters is 1. The molecule has 0 fully saturated rings. The Morgan fingerprint density at radius 3 is 2.29 bits per heavy atom. The highest BCUT2D eigenvalue weighted by molar-refractivity contribution is 7.87. The molecule has 0 aliphatic carbocycles. The zero-order valence-corrected chi connectivity index (χ0v) is 18.4. The minimum absolute atomic E-state index is 0.0352. The monoisotopic (exact) mass is 442 g/mol. The fourth-order valence-corrected chi connectivity index (χ4v) is 3.77. The number of carbonyl (C=O) groups is 1. The van der Waals surface area contributed by atoms with Crippen LogP contribution in [0.1, 0.15) is 34.1 Å². The van der Waals surface area contributed by atoms with E-state index in [1.165, 1.54) is 12.1 Å². The molecule has 0 spiro atoms. The molecule has 3 aromatic rings. The standard InChI is InChI=1S/C22H22N2O6S/c1-5-29-22(26)21-19(30-31(27,28)18-11-8-15(3)16(4)12-18)13-20(25)24(23-21)17-9-6-14(2)7-10-17/h6-13H,5H2,1-4H3. The number of ether oxygens (including phenoxy) is 1. The first kappa shape index (κ1) is 22.2. The number of rotatable bonds is 6. The molecule has 1 aromatic heterocycles. The van der Waals surface area contributed by atoms with Crippen LogP contribution in [-0.4, -0.2) is 30.8 Å². The van der Waals surface area contributed by atoms with E-state index in [1.54, 1.807) is 44.2 Å². The second-order valence-corrected chi connectivity index (χ2v) is 8.49. The molecule has 0 saturated heterocycles. The second kappa shape index (κ2) is 8.73. The van der Waals surface area contributed by atoms with E-state index in [4.69, 9.17) is 8.92 Å². The van der Waals surface area contributed by atoms with E-state index in [0.29, 0.717) is 5.69 Å². The van der Waals surface area contributed by atoms with Crippen molar-refractivity contribution in [2.45, 2.75) is 32.6 Å². The summed E-state index contributed by atoms with van der Waals surface area (Å²) in [6, 6.07) is 12.3. The molecule has 0 radical (unpaired) electrons. The van der Waals surface area contributed by atoms with Crippen LogP contribution in [0, 0.1) is 20.8 Å². The van der Waals surface area contributed by atoms with Crippen molar-refractivity contribution in [1.82, 2.24) is 9.78 Å². The lowest BCUT2D eigenvalue weighted by atomic mass is 10.1. The fraction of sp³-hybridized carbons (Fsp3) is 0.227. The Bertz CT molecular complexity index is 1290. The van der Waals surface area contributed by atoms with Crippen molar-refractivity contribution >= 4 is 16.1 Å². The largest absolute Gasteiger partial charge is 0.461 e. The van der Waals surface area contributed by atoms with Gasteiger partial charge in [0.15, 0.2) is 5.75 Å². The van der Waals surface area contributed by atoms with Gasteiger partial charge in [0.1, 0.15) is 4.90 Å². The lowest BCUT2D eigenvalue weighted by molar-refractivity contribution is 0.0515. The highest BCUT2D eigenvalue weighted by Crippen LogP contribution is 2.23. The third-order valence-corrected chi connectivity index (χ3v) is 5.84. The van der Waals surface area contributed by atoms with E-state index in [-0.39, 0.29) is 11.5 Å². The van der Waals surface area contributed by atoms with Crippen molar-refractivity contribution in [2.24, 2.45) is 0 Å². The van der Waals surface area contributed by atoms with Crippen LogP contribution >= 0.6 is 0 Å². The first-order valence-electron chi connectivity index (χ1n) is 9.52. The van der Waals surface area contributed by atoms with Crippen LogP contribution in [-0.2, 0) is 14.9 Å². The Balaban J connectivity index is 2.11. The van der Waals surface area contributed by atoms with Gasteiger partial charge in [0.2, 0.25) is 5.69 Å². The normalized spacial score (nSPS) is 11.2. The molecular formula is C22H22N2O6S. The van der Waals surface area contributed by atoms with Gasteiger partial charge in [-0.15, -0.1) is 0 Å². The van der Waals surface area contributed by atoms with Gasteiger partial charge in [0.25, 0.3) is 5.56 Å². The highest BCUT2D eigenvalue weighted by atomic mass is 32.2. The van der Waals surface area contributed by atoms with Gasteiger partial charge in [-0.05, 0) is 63.1 Å². The van der Waals surface area contributed by atoms with Crippen molar-refractivity contribution in [3.8, 4) is 11.4 Å². The molecule has 0 N–H and O–H groups in total. The summed E-state index contributed by atoms with van der Waals surface area (Å²) < 4.78 is 36.7. The van der Waals surface area contributed by atoms with Gasteiger partial charge in [-0.3, -0.25) is 4.79 Å². The van der Waals surface area contributed by atoms with E-state index in [9.17, 15) is 18.0 Å². The van der Waals surface area contributed by atoms with Gasteiger partial charge in [-0.25, -0.2) is 4.79 Å². The highest BCUT2D eigenvalue weighted by Gasteiger charge is 2.25. The molecular weight excluding hydrogens is 420 g/mol. The number of aromatic nitrogens is 2. The van der Waals surface area contributed by atoms with Crippen molar-refractivity contribution in [3.05, 3.63) is 81.3 Å². The van der Waals surface area contributed by atoms with E-state index in [0.717, 1.165) is 27.4 Å². The molecule has 0 aliphatic heterocycles. The summed E-state index contributed by atoms with van der Waals surface area (Å²) in [6.45, 7) is 7.13. The van der Waals surface area contributed by atoms with E-state index < -0.39 is 33.1 Å². The van der Waals surface area contributed by atoms with Crippen LogP contribution < -0.4 is 9.74 Å². The summed E-state index contributed by atoms with van der Waals surface area (Å²) in [5.74, 6) is -1.40. The quantitative estimate of drug-likeness (QED) is 0.427. The molecule has 0 amide bonds. The number of benzene rings is 2. The smallest absolute Gasteiger partial charge is 0.362 e. The van der Waals surface area contributed by atoms with Crippen LogP contribution in [0.5, 0.6) is 5.75 Å². The number of nitrogens with zero attached hydrogens (tertiary/aromatic N) is 2. The average Bonchev–Trinajstić information content (AvgIpc) is 2.71. The van der Waals surface area contributed by atoms with Gasteiger partial charge < -0.3 is 8.92 Å². The maximum Gasteiger partial charge on any atom is 0.362 e. The maximum absolute atomic E-state index is 12.8. The summed E-state index contributed by atoms with van der Waals surface area (Å²) in [5.41, 5.74) is 1.96. The molecule has 3 rings (SSSR count). The van der Waals surface area contributed by atoms with Gasteiger partial charge in [0.05, 0.1) is 18.4 Å². The SMILES string of the molecule is CCOC(=O)c1nn(-c2ccc(C)cc2)c(=O)cc1OS(=O)(=O)c1ccc(C)c(C)c1. The fourth-order valence-electron chi connectivity index (χ4n) is 2.75. The predicted molar refractivity (Wildman–Crippen MR) is 114 cm³/mol. The Kier molecular flexibility index (Phi) is 6.26. The van der Waals surface area contributed by atoms with Crippen LogP contribution in [0.4, 0.5) is 0 Å². The predicted octanol–water partition coefficient (Wildman–Crippen LogP) is 3.10. The van der Waals surface area contributed by atoms with Gasteiger partial charge in [0, 0.05) is 0 Å². The Morgan fingerprint density at radius 2 is 1.68 bits per heavy atom. The van der Waals surface area contributed by atoms with Crippen molar-refractivity contribution < 1.29 is 22.1 Å². The summed E-state index contributed by atoms with van der Waals surface area (Å²) in [5, 5.41) is 4.04. The average molecular weight is 442 g/mol. The van der Waals surface area contributed by atoms with Gasteiger partial charge in [-0.1, -0.05) is 23.8 Å². The van der Waals surface area contributed by atoms with Crippen molar-refractivity contribution in [3.63, 3.8) is 0 Å². The van der Waals surface area contributed by atoms with E-state index in [1.807, 2.05) is 13.8 Å². The number of aryl methyl sites for hydroxylation is 3. The first-order chi connectivity index (χ1) is 14.6. The Hall–Kier alpha value is -3.46. The number of carbonyl (C=O) groups excluding carboxylic acids is 1. The third-order valence-electron chi connectivity index (χ3n) is 4.61. The molecule has 0 unspecified atom stereocenters. The lowest BCUT2D eigenvalue weighted by Gasteiger charge is -2.13. The zero-order chi connectivity index (χ0) is 22.8. The summed E-state index contributed by atoms with van der Waals surface area (Å²) in [6.07, 6.45) is 0. The van der Waals surface area contributed by atoms with Crippen LogP contribution in [0.3, 0.4) is 0 Å². The van der Waals surface area contributed by atoms with Gasteiger partial charge in [-0.2, -0.15) is 18.2 Å². The molecule has 31 heavy (non-hydrogen) atoms. The summed E-state index contributed by atoms with van der Waals surface area (Å²) in [7, 11) is -4.32. The van der Waals surface area contributed by atoms with Crippen LogP contribution in [0.2, 0.25) is 0 Å². The van der Waals surface area contributed by atoms with E-state index in [2.05, 4.69) is 5.10 Å². The molecule has 0 saturated carbocycles. The molecule has 8 nitrogen and oxygen atoms in total. The molecule has 0 atom stereocenters. The lowest BCUT2D eigenvalue weighted by Crippen LogP contribution is -2.26. The van der Waals surface area contributed by atoms with Crippen LogP contribution in [0.15, 0.2) is 58.2 Å². The third kappa shape index (κ3) is 4.83. The second-order valence-electron chi connectivity index (χ2n) is 6.95. The number of hydrogen-bond donors (Lipinski definition) is 0. The van der Waals surface area contributed by atoms with Crippen LogP contribution in [0.25, 0.3) is 5.69 Å². The first-order valence-corrected chi connectivity index (χ1v) is 10.9.